The fourth-order valence-corrected chi connectivity index (χ4v) is 0. The van der Waals surface area contributed by atoms with Gasteiger partial charge in [-0.2, -0.15) is 0 Å². The molecule has 0 radical (unpaired) electrons. The summed E-state index contributed by atoms with van der Waals surface area (Å²) < 4.78 is 156. The van der Waals surface area contributed by atoms with Gasteiger partial charge in [0.15, 0.2) is 0 Å². The number of rotatable bonds is 4. The standard InChI is InChI=1S/4C3H7N.4BF4/c4*1-2-3-4;4*2-1(3,4)5/h4*2H,1,3-4H2;;;;/q;;;;4*-1/p+4. The van der Waals surface area contributed by atoms with Gasteiger partial charge >= 0.3 is 29.0 Å². The van der Waals surface area contributed by atoms with E-state index in [0.717, 1.165) is 26.2 Å². The predicted octanol–water partition coefficient (Wildman–Crippen LogP) is 2.86. The van der Waals surface area contributed by atoms with Crippen molar-refractivity contribution in [3.05, 3.63) is 50.6 Å². The Balaban J connectivity index is -0.0000000416. The van der Waals surface area contributed by atoms with Gasteiger partial charge in [0, 0.05) is 0 Å². The van der Waals surface area contributed by atoms with Gasteiger partial charge in [-0.1, -0.05) is 26.3 Å². The molecule has 0 fully saturated rings. The zero-order chi connectivity index (χ0) is 31.7. The normalized spacial score (nSPS) is 9.44. The van der Waals surface area contributed by atoms with Crippen LogP contribution in [0.2, 0.25) is 0 Å². The Morgan fingerprint density at radius 3 is 0.361 bits per heavy atom. The highest BCUT2D eigenvalue weighted by Crippen LogP contribution is 2.08. The summed E-state index contributed by atoms with van der Waals surface area (Å²) in [5.41, 5.74) is 13.9. The zero-order valence-corrected chi connectivity index (χ0v) is 19.2. The summed E-state index contributed by atoms with van der Waals surface area (Å²) in [5.74, 6) is 0. The van der Waals surface area contributed by atoms with Crippen molar-refractivity contribution < 1.29 is 92.0 Å². The van der Waals surface area contributed by atoms with Crippen LogP contribution in [0.1, 0.15) is 0 Å². The highest BCUT2D eigenvalue weighted by Gasteiger charge is 2.21. The van der Waals surface area contributed by atoms with Crippen molar-refractivity contribution in [3.8, 4) is 0 Å². The minimum absolute atomic E-state index is 0.833. The van der Waals surface area contributed by atoms with Crippen molar-refractivity contribution in [1.29, 1.82) is 0 Å². The molecule has 0 atom stereocenters. The largest absolute Gasteiger partial charge is 0.673 e. The van der Waals surface area contributed by atoms with E-state index in [2.05, 4.69) is 49.3 Å². The summed E-state index contributed by atoms with van der Waals surface area (Å²) in [7, 11) is -24.0. The van der Waals surface area contributed by atoms with Crippen LogP contribution in [0.4, 0.5) is 69.1 Å². The topological polar surface area (TPSA) is 111 Å². The molecule has 0 amide bonds. The van der Waals surface area contributed by atoms with Crippen molar-refractivity contribution in [2.45, 2.75) is 0 Å². The molecular weight excluding hydrogens is 547 g/mol. The molecule has 0 aromatic rings. The van der Waals surface area contributed by atoms with E-state index in [9.17, 15) is 69.1 Å². The Kier molecular flexibility index (Phi) is 57.0. The van der Waals surface area contributed by atoms with Gasteiger partial charge in [0.2, 0.25) is 0 Å². The van der Waals surface area contributed by atoms with Crippen LogP contribution in [-0.4, -0.2) is 55.2 Å². The van der Waals surface area contributed by atoms with Gasteiger partial charge < -0.3 is 92.0 Å². The molecule has 0 bridgehead atoms. The van der Waals surface area contributed by atoms with Gasteiger partial charge in [-0.05, 0) is 24.3 Å². The van der Waals surface area contributed by atoms with E-state index in [1.807, 2.05) is 0 Å². The fourth-order valence-electron chi connectivity index (χ4n) is 0. The second-order valence-corrected chi connectivity index (χ2v) is 4.29. The maximum absolute atomic E-state index is 9.75. The van der Waals surface area contributed by atoms with E-state index in [-0.39, 0.29) is 0 Å². The average Bonchev–Trinajstić information content (AvgIpc) is 2.63. The van der Waals surface area contributed by atoms with E-state index < -0.39 is 29.0 Å². The van der Waals surface area contributed by atoms with Crippen LogP contribution in [0, 0.1) is 0 Å². The molecule has 0 aromatic carbocycles. The average molecular weight is 580 g/mol. The Morgan fingerprint density at radius 1 is 0.333 bits per heavy atom. The molecule has 0 aliphatic carbocycles. The van der Waals surface area contributed by atoms with Gasteiger partial charge in [-0.15, -0.1) is 0 Å². The second kappa shape index (κ2) is 37.5. The van der Waals surface area contributed by atoms with Crippen molar-refractivity contribution in [3.63, 3.8) is 0 Å². The summed E-state index contributed by atoms with van der Waals surface area (Å²) in [6, 6.07) is 0. The monoisotopic (exact) mass is 580 g/mol. The molecule has 12 N–H and O–H groups in total. The maximum Gasteiger partial charge on any atom is 0.673 e. The summed E-state index contributed by atoms with van der Waals surface area (Å²) in [4.78, 5) is 0. The van der Waals surface area contributed by atoms with Gasteiger partial charge in [0.05, 0.1) is 26.2 Å². The minimum atomic E-state index is -6.00. The predicted molar refractivity (Wildman–Crippen MR) is 113 cm³/mol. The highest BCUT2D eigenvalue weighted by molar-refractivity contribution is 6.50. The van der Waals surface area contributed by atoms with Crippen LogP contribution in [0.25, 0.3) is 0 Å². The molecule has 0 rings (SSSR count). The number of halogens is 16. The molecule has 4 nitrogen and oxygen atoms in total. The molecule has 0 aliphatic heterocycles. The van der Waals surface area contributed by atoms with E-state index in [1.54, 1.807) is 24.3 Å². The lowest BCUT2D eigenvalue weighted by Crippen LogP contribution is -2.48. The molecule has 0 saturated carbocycles. The lowest BCUT2D eigenvalue weighted by molar-refractivity contribution is -0.353. The molecule has 224 valence electrons. The van der Waals surface area contributed by atoms with Crippen LogP contribution in [0.3, 0.4) is 0 Å². The first-order valence-corrected chi connectivity index (χ1v) is 8.76. The molecule has 24 heteroatoms. The summed E-state index contributed by atoms with van der Waals surface area (Å²) >= 11 is 0. The van der Waals surface area contributed by atoms with Crippen molar-refractivity contribution >= 4 is 29.0 Å². The van der Waals surface area contributed by atoms with E-state index in [0.29, 0.717) is 0 Å². The molecule has 36 heavy (non-hydrogen) atoms. The third kappa shape index (κ3) is 8130. The summed E-state index contributed by atoms with van der Waals surface area (Å²) in [6.45, 7) is 17.0. The van der Waals surface area contributed by atoms with Gasteiger partial charge in [0.25, 0.3) is 0 Å². The Morgan fingerprint density at radius 2 is 0.361 bits per heavy atom. The number of quaternary nitrogens is 4. The van der Waals surface area contributed by atoms with Crippen molar-refractivity contribution in [1.82, 2.24) is 0 Å². The van der Waals surface area contributed by atoms with Crippen molar-refractivity contribution in [2.75, 3.05) is 26.2 Å². The highest BCUT2D eigenvalue weighted by atomic mass is 19.5. The van der Waals surface area contributed by atoms with Crippen LogP contribution in [-0.2, 0) is 0 Å². The molecular formula is C12H32B4F16N4. The van der Waals surface area contributed by atoms with Crippen LogP contribution < -0.4 is 22.9 Å². The molecule has 0 saturated heterocycles. The van der Waals surface area contributed by atoms with E-state index in [4.69, 9.17) is 0 Å². The van der Waals surface area contributed by atoms with Crippen LogP contribution >= 0.6 is 0 Å². The van der Waals surface area contributed by atoms with Crippen LogP contribution in [0.15, 0.2) is 50.6 Å². The summed E-state index contributed by atoms with van der Waals surface area (Å²) in [6.07, 6.45) is 7.06. The van der Waals surface area contributed by atoms with E-state index >= 15 is 0 Å². The molecule has 0 aromatic heterocycles. The number of hydrogen-bond donors (Lipinski definition) is 4. The minimum Gasteiger partial charge on any atom is -0.418 e. The van der Waals surface area contributed by atoms with Gasteiger partial charge in [-0.3, -0.25) is 0 Å². The SMILES string of the molecule is C=CC[NH3+].C=CC[NH3+].C=CC[NH3+].C=CC[NH3+].F[B-](F)(F)F.F[B-](F)(F)F.F[B-](F)(F)F.F[B-](F)(F)F. The maximum atomic E-state index is 9.75. The first kappa shape index (κ1) is 54.7. The molecule has 0 spiro atoms. The Bertz CT molecular complexity index is 339. The molecule has 0 heterocycles. The molecule has 0 unspecified atom stereocenters. The van der Waals surface area contributed by atoms with Gasteiger partial charge in [0.1, 0.15) is 0 Å². The zero-order valence-electron chi connectivity index (χ0n) is 19.2. The third-order valence-corrected chi connectivity index (χ3v) is 0.816. The first-order chi connectivity index (χ1) is 15.7. The second-order valence-electron chi connectivity index (χ2n) is 4.29. The Labute approximate surface area is 198 Å². The van der Waals surface area contributed by atoms with Crippen molar-refractivity contribution in [2.24, 2.45) is 0 Å². The molecule has 0 aliphatic rings. The summed E-state index contributed by atoms with van der Waals surface area (Å²) in [5, 5.41) is 0. The Hall–Kier alpha value is -2.06. The third-order valence-electron chi connectivity index (χ3n) is 0.816. The lowest BCUT2D eigenvalue weighted by Gasteiger charge is -1.94. The quantitative estimate of drug-likeness (QED) is 0.223. The van der Waals surface area contributed by atoms with Crippen LogP contribution in [0.5, 0.6) is 0 Å². The first-order valence-electron chi connectivity index (χ1n) is 8.76. The number of hydrogen-bond acceptors (Lipinski definition) is 0. The lowest BCUT2D eigenvalue weighted by atomic mass is 10.3. The fraction of sp³-hybridized carbons (Fsp3) is 0.333. The smallest absolute Gasteiger partial charge is 0.418 e. The van der Waals surface area contributed by atoms with Gasteiger partial charge in [-0.25, -0.2) is 0 Å². The van der Waals surface area contributed by atoms with E-state index in [1.165, 1.54) is 0 Å².